The van der Waals surface area contributed by atoms with E-state index in [9.17, 15) is 14.7 Å². The van der Waals surface area contributed by atoms with Crippen molar-refractivity contribution < 1.29 is 19.1 Å². The number of fused-ring (bicyclic) bond motifs is 1. The summed E-state index contributed by atoms with van der Waals surface area (Å²) < 4.78 is 9.79. The van der Waals surface area contributed by atoms with Crippen LogP contribution in [0.15, 0.2) is 27.4 Å². The van der Waals surface area contributed by atoms with Crippen LogP contribution in [0.4, 0.5) is 0 Å². The van der Waals surface area contributed by atoms with Gasteiger partial charge in [-0.05, 0) is 18.6 Å². The van der Waals surface area contributed by atoms with E-state index in [4.69, 9.17) is 20.8 Å². The average Bonchev–Trinajstić information content (AvgIpc) is 2.32. The van der Waals surface area contributed by atoms with Gasteiger partial charge in [0, 0.05) is 17.5 Å². The number of aromatic hydroxyl groups is 1. The summed E-state index contributed by atoms with van der Waals surface area (Å²) in [6.45, 7) is 1.96. The molecule has 0 fully saturated rings. The number of esters is 1. The largest absolute Gasteiger partial charge is 0.506 e. The molecular weight excluding hydrogens is 272 g/mol. The third-order valence-corrected chi connectivity index (χ3v) is 2.84. The van der Waals surface area contributed by atoms with Crippen molar-refractivity contribution in [2.24, 2.45) is 0 Å². The van der Waals surface area contributed by atoms with Crippen molar-refractivity contribution in [3.8, 4) is 5.75 Å². The lowest BCUT2D eigenvalue weighted by atomic mass is 10.1. The number of halogens is 1. The smallest absolute Gasteiger partial charge is 0.336 e. The summed E-state index contributed by atoms with van der Waals surface area (Å²) in [5.74, 6) is -0.635. The number of rotatable bonds is 3. The van der Waals surface area contributed by atoms with Gasteiger partial charge in [0.1, 0.15) is 11.3 Å². The highest BCUT2D eigenvalue weighted by Crippen LogP contribution is 2.30. The number of hydrogen-bond donors (Lipinski definition) is 1. The first kappa shape index (κ1) is 13.4. The summed E-state index contributed by atoms with van der Waals surface area (Å²) in [4.78, 5) is 22.9. The van der Waals surface area contributed by atoms with Gasteiger partial charge in [-0.2, -0.15) is 0 Å². The Balaban J connectivity index is 2.56. The van der Waals surface area contributed by atoms with Gasteiger partial charge < -0.3 is 14.3 Å². The molecule has 0 unspecified atom stereocenters. The number of carbonyl (C=O) groups excluding carboxylic acids is 1. The first-order valence-electron chi connectivity index (χ1n) is 5.62. The zero-order valence-electron chi connectivity index (χ0n) is 10.1. The van der Waals surface area contributed by atoms with E-state index in [-0.39, 0.29) is 29.4 Å². The second kappa shape index (κ2) is 5.32. The predicted octanol–water partition coefficient (Wildman–Crippen LogP) is 2.26. The summed E-state index contributed by atoms with van der Waals surface area (Å²) in [6.07, 6.45) is -0.0585. The molecule has 0 atom stereocenters. The summed E-state index contributed by atoms with van der Waals surface area (Å²) in [6, 6.07) is 3.91. The molecule has 0 radical (unpaired) electrons. The lowest BCUT2D eigenvalue weighted by molar-refractivity contribution is -0.142. The number of phenolic OH excluding ortho intramolecular Hbond substituents is 1. The van der Waals surface area contributed by atoms with Crippen LogP contribution in [0, 0.1) is 0 Å². The van der Waals surface area contributed by atoms with Crippen molar-refractivity contribution in [1.29, 1.82) is 0 Å². The quantitative estimate of drug-likeness (QED) is 0.690. The summed E-state index contributed by atoms with van der Waals surface area (Å²) >= 11 is 5.81. The highest BCUT2D eigenvalue weighted by Gasteiger charge is 2.13. The van der Waals surface area contributed by atoms with Crippen molar-refractivity contribution in [2.45, 2.75) is 13.3 Å². The molecule has 0 aliphatic heterocycles. The third kappa shape index (κ3) is 2.88. The molecule has 0 saturated heterocycles. The van der Waals surface area contributed by atoms with E-state index in [2.05, 4.69) is 0 Å². The standard InChI is InChI=1S/C13H11ClO5/c1-2-18-12(16)3-7-4-13(17)19-11-6-10(15)9(14)5-8(7)11/h4-6,15H,2-3H2,1H3. The fourth-order valence-corrected chi connectivity index (χ4v) is 1.91. The molecule has 0 spiro atoms. The van der Waals surface area contributed by atoms with Crippen LogP contribution in [0.2, 0.25) is 5.02 Å². The summed E-state index contributed by atoms with van der Waals surface area (Å²) in [7, 11) is 0. The van der Waals surface area contributed by atoms with Gasteiger partial charge >= 0.3 is 11.6 Å². The fourth-order valence-electron chi connectivity index (χ4n) is 1.75. The molecule has 1 N–H and O–H groups in total. The number of hydrogen-bond acceptors (Lipinski definition) is 5. The Bertz CT molecular complexity index is 689. The Morgan fingerprint density at radius 2 is 2.16 bits per heavy atom. The van der Waals surface area contributed by atoms with Gasteiger partial charge in [-0.25, -0.2) is 4.79 Å². The van der Waals surface area contributed by atoms with Crippen LogP contribution in [-0.2, 0) is 16.0 Å². The second-order valence-electron chi connectivity index (χ2n) is 3.87. The van der Waals surface area contributed by atoms with E-state index in [0.717, 1.165) is 0 Å². The van der Waals surface area contributed by atoms with Crippen molar-refractivity contribution in [3.63, 3.8) is 0 Å². The molecule has 0 bridgehead atoms. The van der Waals surface area contributed by atoms with Crippen LogP contribution < -0.4 is 5.63 Å². The van der Waals surface area contributed by atoms with Crippen LogP contribution in [0.25, 0.3) is 11.0 Å². The Kier molecular flexibility index (Phi) is 3.76. The van der Waals surface area contributed by atoms with Gasteiger partial charge in [0.2, 0.25) is 0 Å². The van der Waals surface area contributed by atoms with E-state index in [1.54, 1.807) is 6.92 Å². The van der Waals surface area contributed by atoms with Gasteiger partial charge in [0.25, 0.3) is 0 Å². The SMILES string of the molecule is CCOC(=O)Cc1cc(=O)oc2cc(O)c(Cl)cc12. The second-order valence-corrected chi connectivity index (χ2v) is 4.28. The maximum Gasteiger partial charge on any atom is 0.336 e. The first-order valence-corrected chi connectivity index (χ1v) is 6.00. The van der Waals surface area contributed by atoms with Crippen LogP contribution in [-0.4, -0.2) is 17.7 Å². The molecule has 0 saturated carbocycles. The van der Waals surface area contributed by atoms with Gasteiger partial charge in [-0.15, -0.1) is 0 Å². The van der Waals surface area contributed by atoms with E-state index in [1.807, 2.05) is 0 Å². The molecule has 100 valence electrons. The highest BCUT2D eigenvalue weighted by molar-refractivity contribution is 6.32. The fraction of sp³-hybridized carbons (Fsp3) is 0.231. The topological polar surface area (TPSA) is 76.7 Å². The predicted molar refractivity (Wildman–Crippen MR) is 69.5 cm³/mol. The molecule has 2 rings (SSSR count). The maximum absolute atomic E-state index is 11.5. The van der Waals surface area contributed by atoms with Gasteiger partial charge in [-0.3, -0.25) is 4.79 Å². The molecule has 19 heavy (non-hydrogen) atoms. The molecular formula is C13H11ClO5. The van der Waals surface area contributed by atoms with Crippen molar-refractivity contribution in [1.82, 2.24) is 0 Å². The lowest BCUT2D eigenvalue weighted by Crippen LogP contribution is -2.10. The number of phenols is 1. The molecule has 1 aromatic carbocycles. The zero-order chi connectivity index (χ0) is 14.0. The molecule has 5 nitrogen and oxygen atoms in total. The monoisotopic (exact) mass is 282 g/mol. The third-order valence-electron chi connectivity index (χ3n) is 2.54. The van der Waals surface area contributed by atoms with Gasteiger partial charge in [-0.1, -0.05) is 11.6 Å². The normalized spacial score (nSPS) is 10.6. The van der Waals surface area contributed by atoms with Crippen molar-refractivity contribution in [2.75, 3.05) is 6.61 Å². The minimum Gasteiger partial charge on any atom is -0.506 e. The van der Waals surface area contributed by atoms with E-state index < -0.39 is 11.6 Å². The Labute approximate surface area is 113 Å². The summed E-state index contributed by atoms with van der Waals surface area (Å²) in [5.41, 5.74) is 0.0221. The minimum absolute atomic E-state index is 0.0585. The van der Waals surface area contributed by atoms with E-state index in [0.29, 0.717) is 10.9 Å². The van der Waals surface area contributed by atoms with E-state index in [1.165, 1.54) is 18.2 Å². The molecule has 1 heterocycles. The number of ether oxygens (including phenoxy) is 1. The summed E-state index contributed by atoms with van der Waals surface area (Å²) in [5, 5.41) is 10.1. The van der Waals surface area contributed by atoms with Gasteiger partial charge in [0.15, 0.2) is 0 Å². The molecule has 0 amide bonds. The first-order chi connectivity index (χ1) is 9.01. The lowest BCUT2D eigenvalue weighted by Gasteiger charge is -2.06. The molecule has 6 heteroatoms. The van der Waals surface area contributed by atoms with Gasteiger partial charge in [0.05, 0.1) is 18.1 Å². The molecule has 0 aliphatic carbocycles. The van der Waals surface area contributed by atoms with Crippen LogP contribution in [0.3, 0.4) is 0 Å². The van der Waals surface area contributed by atoms with Crippen LogP contribution in [0.5, 0.6) is 5.75 Å². The Hall–Kier alpha value is -2.01. The average molecular weight is 283 g/mol. The molecule has 1 aromatic heterocycles. The minimum atomic E-state index is -0.603. The van der Waals surface area contributed by atoms with Crippen molar-refractivity contribution in [3.05, 3.63) is 39.2 Å². The maximum atomic E-state index is 11.5. The highest BCUT2D eigenvalue weighted by atomic mass is 35.5. The molecule has 0 aliphatic rings. The van der Waals surface area contributed by atoms with Crippen LogP contribution in [0.1, 0.15) is 12.5 Å². The number of carbonyl (C=O) groups is 1. The van der Waals surface area contributed by atoms with Crippen LogP contribution >= 0.6 is 11.6 Å². The van der Waals surface area contributed by atoms with E-state index >= 15 is 0 Å². The van der Waals surface area contributed by atoms with Crippen molar-refractivity contribution >= 4 is 28.5 Å². The molecule has 2 aromatic rings. The number of benzene rings is 1. The Morgan fingerprint density at radius 1 is 1.42 bits per heavy atom. The Morgan fingerprint density at radius 3 is 2.84 bits per heavy atom. The zero-order valence-corrected chi connectivity index (χ0v) is 10.9.